The van der Waals surface area contributed by atoms with E-state index >= 15 is 0 Å². The second kappa shape index (κ2) is 5.95. The molecule has 0 saturated heterocycles. The van der Waals surface area contributed by atoms with Gasteiger partial charge in [-0.25, -0.2) is 8.42 Å². The number of nitrogens with one attached hydrogen (secondary N) is 1. The Balaban J connectivity index is 2.43. The van der Waals surface area contributed by atoms with Crippen LogP contribution in [0.3, 0.4) is 0 Å². The van der Waals surface area contributed by atoms with Gasteiger partial charge in [0.15, 0.2) is 0 Å². The highest BCUT2D eigenvalue weighted by Crippen LogP contribution is 2.24. The van der Waals surface area contributed by atoms with Crippen LogP contribution in [0.5, 0.6) is 0 Å². The predicted octanol–water partition coefficient (Wildman–Crippen LogP) is 3.02. The molecule has 0 aliphatic carbocycles. The Hall–Kier alpha value is -1.37. The average Bonchev–Trinajstić information content (AvgIpc) is 2.41. The van der Waals surface area contributed by atoms with Gasteiger partial charge in [-0.2, -0.15) is 0 Å². The van der Waals surface area contributed by atoms with E-state index in [0.29, 0.717) is 11.3 Å². The fourth-order valence-electron chi connectivity index (χ4n) is 1.86. The second-order valence-electron chi connectivity index (χ2n) is 4.38. The van der Waals surface area contributed by atoms with Crippen molar-refractivity contribution in [3.8, 4) is 0 Å². The minimum atomic E-state index is -3.63. The summed E-state index contributed by atoms with van der Waals surface area (Å²) in [6, 6.07) is 12.2. The van der Waals surface area contributed by atoms with Crippen molar-refractivity contribution in [1.29, 1.82) is 0 Å². The largest absolute Gasteiger partial charge is 0.326 e. The van der Waals surface area contributed by atoms with E-state index in [0.717, 1.165) is 10.0 Å². The number of nitrogens with two attached hydrogens (primary N) is 1. The second-order valence-corrected chi connectivity index (χ2v) is 6.94. The SMILES string of the molecule is Cc1ccc(Br)cc1S(=O)(=O)Nc1ccccc1CN. The molecule has 0 aliphatic rings. The van der Waals surface area contributed by atoms with Gasteiger partial charge in [0.2, 0.25) is 0 Å². The molecule has 0 bridgehead atoms. The van der Waals surface area contributed by atoms with Crippen molar-refractivity contribution in [2.75, 3.05) is 4.72 Å². The molecule has 106 valence electrons. The molecule has 0 radical (unpaired) electrons. The van der Waals surface area contributed by atoms with E-state index in [4.69, 9.17) is 5.73 Å². The van der Waals surface area contributed by atoms with Crippen LogP contribution in [0.4, 0.5) is 5.69 Å². The first kappa shape index (κ1) is 15.0. The third-order valence-corrected chi connectivity index (χ3v) is 4.92. The van der Waals surface area contributed by atoms with Crippen LogP contribution in [0.25, 0.3) is 0 Å². The Bertz CT molecular complexity index is 730. The van der Waals surface area contributed by atoms with Crippen LogP contribution in [-0.4, -0.2) is 8.42 Å². The molecule has 0 amide bonds. The van der Waals surface area contributed by atoms with Crippen molar-refractivity contribution in [2.45, 2.75) is 18.4 Å². The molecule has 2 aromatic rings. The lowest BCUT2D eigenvalue weighted by atomic mass is 10.2. The van der Waals surface area contributed by atoms with Crippen LogP contribution in [0.2, 0.25) is 0 Å². The summed E-state index contributed by atoms with van der Waals surface area (Å²) in [4.78, 5) is 0.249. The first-order valence-electron chi connectivity index (χ1n) is 6.01. The van der Waals surface area contributed by atoms with Gasteiger partial charge in [-0.3, -0.25) is 4.72 Å². The molecule has 4 nitrogen and oxygen atoms in total. The fraction of sp³-hybridized carbons (Fsp3) is 0.143. The molecule has 0 aromatic heterocycles. The molecule has 0 saturated carbocycles. The van der Waals surface area contributed by atoms with Crippen molar-refractivity contribution >= 4 is 31.6 Å². The van der Waals surface area contributed by atoms with Crippen LogP contribution < -0.4 is 10.5 Å². The number of para-hydroxylation sites is 1. The predicted molar refractivity (Wildman–Crippen MR) is 84.0 cm³/mol. The van der Waals surface area contributed by atoms with Gasteiger partial charge in [0, 0.05) is 11.0 Å². The standard InChI is InChI=1S/C14H15BrN2O2S/c1-10-6-7-12(15)8-14(10)20(18,19)17-13-5-3-2-4-11(13)9-16/h2-8,17H,9,16H2,1H3. The highest BCUT2D eigenvalue weighted by molar-refractivity contribution is 9.10. The average molecular weight is 355 g/mol. The van der Waals surface area contributed by atoms with Crippen LogP contribution in [0.15, 0.2) is 51.8 Å². The Morgan fingerprint density at radius 2 is 1.90 bits per heavy atom. The molecule has 0 aliphatic heterocycles. The molecule has 20 heavy (non-hydrogen) atoms. The number of hydrogen-bond acceptors (Lipinski definition) is 3. The van der Waals surface area contributed by atoms with E-state index in [1.54, 1.807) is 37.3 Å². The van der Waals surface area contributed by atoms with Gasteiger partial charge in [-0.05, 0) is 36.2 Å². The fourth-order valence-corrected chi connectivity index (χ4v) is 3.75. The molecular weight excluding hydrogens is 340 g/mol. The zero-order valence-electron chi connectivity index (χ0n) is 10.9. The monoisotopic (exact) mass is 354 g/mol. The van der Waals surface area contributed by atoms with Gasteiger partial charge < -0.3 is 5.73 Å². The van der Waals surface area contributed by atoms with Crippen LogP contribution in [0, 0.1) is 6.92 Å². The highest BCUT2D eigenvalue weighted by atomic mass is 79.9. The van der Waals surface area contributed by atoms with Gasteiger partial charge in [0.1, 0.15) is 0 Å². The minimum Gasteiger partial charge on any atom is -0.326 e. The number of halogens is 1. The van der Waals surface area contributed by atoms with Gasteiger partial charge in [-0.15, -0.1) is 0 Å². The van der Waals surface area contributed by atoms with Crippen molar-refractivity contribution < 1.29 is 8.42 Å². The first-order chi connectivity index (χ1) is 9.44. The molecule has 0 unspecified atom stereocenters. The minimum absolute atomic E-state index is 0.249. The molecule has 0 fully saturated rings. The molecule has 2 aromatic carbocycles. The maximum atomic E-state index is 12.5. The summed E-state index contributed by atoms with van der Waals surface area (Å²) < 4.78 is 28.3. The topological polar surface area (TPSA) is 72.2 Å². The maximum Gasteiger partial charge on any atom is 0.262 e. The van der Waals surface area contributed by atoms with Gasteiger partial charge in [0.25, 0.3) is 10.0 Å². The first-order valence-corrected chi connectivity index (χ1v) is 8.28. The van der Waals surface area contributed by atoms with Crippen LogP contribution >= 0.6 is 15.9 Å². The van der Waals surface area contributed by atoms with Gasteiger partial charge in [-0.1, -0.05) is 40.2 Å². The number of sulfonamides is 1. The van der Waals surface area contributed by atoms with Crippen molar-refractivity contribution in [1.82, 2.24) is 0 Å². The molecule has 0 heterocycles. The Labute approximate surface area is 127 Å². The third kappa shape index (κ3) is 3.20. The Morgan fingerprint density at radius 1 is 1.20 bits per heavy atom. The summed E-state index contributed by atoms with van der Waals surface area (Å²) in [5.74, 6) is 0. The summed E-state index contributed by atoms with van der Waals surface area (Å²) in [6.45, 7) is 2.03. The number of aryl methyl sites for hydroxylation is 1. The normalized spacial score (nSPS) is 11.3. The zero-order chi connectivity index (χ0) is 14.8. The molecule has 3 N–H and O–H groups in total. The smallest absolute Gasteiger partial charge is 0.262 e. The molecule has 0 spiro atoms. The zero-order valence-corrected chi connectivity index (χ0v) is 13.3. The molecule has 6 heteroatoms. The molecule has 0 atom stereocenters. The Kier molecular flexibility index (Phi) is 4.47. The summed E-state index contributed by atoms with van der Waals surface area (Å²) in [5.41, 5.74) is 7.57. The van der Waals surface area contributed by atoms with Crippen LogP contribution in [-0.2, 0) is 16.6 Å². The number of rotatable bonds is 4. The van der Waals surface area contributed by atoms with Crippen molar-refractivity contribution in [3.63, 3.8) is 0 Å². The van der Waals surface area contributed by atoms with Crippen molar-refractivity contribution in [3.05, 3.63) is 58.1 Å². The maximum absolute atomic E-state index is 12.5. The number of anilines is 1. The van der Waals surface area contributed by atoms with Crippen LogP contribution in [0.1, 0.15) is 11.1 Å². The lowest BCUT2D eigenvalue weighted by Crippen LogP contribution is -2.16. The van der Waals surface area contributed by atoms with Gasteiger partial charge in [0.05, 0.1) is 10.6 Å². The van der Waals surface area contributed by atoms with E-state index in [9.17, 15) is 8.42 Å². The van der Waals surface area contributed by atoms with E-state index < -0.39 is 10.0 Å². The molecular formula is C14H15BrN2O2S. The highest BCUT2D eigenvalue weighted by Gasteiger charge is 2.18. The third-order valence-electron chi connectivity index (χ3n) is 2.92. The summed E-state index contributed by atoms with van der Waals surface area (Å²) in [5, 5.41) is 0. The molecule has 2 rings (SSSR count). The van der Waals surface area contributed by atoms with E-state index in [2.05, 4.69) is 20.7 Å². The summed E-state index contributed by atoms with van der Waals surface area (Å²) >= 11 is 3.29. The van der Waals surface area contributed by atoms with Gasteiger partial charge >= 0.3 is 0 Å². The quantitative estimate of drug-likeness (QED) is 0.886. The number of hydrogen-bond donors (Lipinski definition) is 2. The summed E-state index contributed by atoms with van der Waals surface area (Å²) in [6.07, 6.45) is 0. The Morgan fingerprint density at radius 3 is 2.60 bits per heavy atom. The van der Waals surface area contributed by atoms with Crippen molar-refractivity contribution in [2.24, 2.45) is 5.73 Å². The van der Waals surface area contributed by atoms with E-state index in [1.165, 1.54) is 0 Å². The number of benzene rings is 2. The van der Waals surface area contributed by atoms with E-state index in [-0.39, 0.29) is 11.4 Å². The lowest BCUT2D eigenvalue weighted by Gasteiger charge is -2.13. The lowest BCUT2D eigenvalue weighted by molar-refractivity contribution is 0.600. The van der Waals surface area contributed by atoms with E-state index in [1.807, 2.05) is 12.1 Å². The summed E-state index contributed by atoms with van der Waals surface area (Å²) in [7, 11) is -3.63.